The summed E-state index contributed by atoms with van der Waals surface area (Å²) in [6, 6.07) is 26.0. The van der Waals surface area contributed by atoms with Gasteiger partial charge in [0.2, 0.25) is 5.91 Å². The largest absolute Gasteiger partial charge is 0.507 e. The lowest BCUT2D eigenvalue weighted by Crippen LogP contribution is -2.45. The highest BCUT2D eigenvalue weighted by molar-refractivity contribution is 9.12. The number of benzene rings is 3. The summed E-state index contributed by atoms with van der Waals surface area (Å²) in [4.78, 5) is 17.6. The first-order valence-corrected chi connectivity index (χ1v) is 15.7. The number of nitrogens with zero attached hydrogens (tertiary/aromatic N) is 1. The van der Waals surface area contributed by atoms with Crippen LogP contribution in [0.4, 0.5) is 0 Å². The fourth-order valence-corrected chi connectivity index (χ4v) is 5.96. The minimum absolute atomic E-state index is 0.136. The molecule has 43 heavy (non-hydrogen) atoms. The summed E-state index contributed by atoms with van der Waals surface area (Å²) in [5, 5.41) is 17.3. The lowest BCUT2D eigenvalue weighted by molar-refractivity contribution is -0.128. The molecule has 1 aliphatic rings. The van der Waals surface area contributed by atoms with E-state index in [1.807, 2.05) is 62.4 Å². The number of phenolic OH excluding ortho intramolecular Hbond substituents is 1. The number of amides is 1. The average Bonchev–Trinajstić information content (AvgIpc) is 3.04. The lowest BCUT2D eigenvalue weighted by Gasteiger charge is -2.36. The molecule has 0 atom stereocenters. The molecule has 6 heteroatoms. The number of aromatic hydroxyl groups is 1. The fraction of sp³-hybridized carbons (Fsp3) is 0.297. The van der Waals surface area contributed by atoms with Crippen molar-refractivity contribution in [2.24, 2.45) is 4.99 Å². The predicted molar refractivity (Wildman–Crippen MR) is 182 cm³/mol. The van der Waals surface area contributed by atoms with E-state index in [1.54, 1.807) is 19.3 Å². The average molecular weight is 641 g/mol. The summed E-state index contributed by atoms with van der Waals surface area (Å²) in [6.45, 7) is 5.19. The van der Waals surface area contributed by atoms with E-state index in [4.69, 9.17) is 0 Å². The van der Waals surface area contributed by atoms with Gasteiger partial charge in [-0.05, 0) is 82.6 Å². The van der Waals surface area contributed by atoms with E-state index in [9.17, 15) is 9.90 Å². The Hall–Kier alpha value is -3.90. The van der Waals surface area contributed by atoms with Gasteiger partial charge in [0.05, 0.1) is 5.41 Å². The normalized spacial score (nSPS) is 16.1. The number of carbonyl (C=O) groups is 1. The van der Waals surface area contributed by atoms with Crippen LogP contribution < -0.4 is 10.6 Å². The second-order valence-electron chi connectivity index (χ2n) is 11.2. The Labute approximate surface area is 264 Å². The molecule has 3 aromatic rings. The second-order valence-corrected chi connectivity index (χ2v) is 12.1. The molecular weight excluding hydrogens is 598 g/mol. The Morgan fingerprint density at radius 1 is 0.860 bits per heavy atom. The molecule has 0 heterocycles. The van der Waals surface area contributed by atoms with E-state index in [2.05, 4.69) is 68.0 Å². The summed E-state index contributed by atoms with van der Waals surface area (Å²) in [5.74, 6) is 0.365. The zero-order chi connectivity index (χ0) is 30.7. The van der Waals surface area contributed by atoms with Gasteiger partial charge < -0.3 is 15.7 Å². The smallest absolute Gasteiger partial charge is 0.230 e. The number of hydrogen-bond acceptors (Lipinski definition) is 4. The Morgan fingerprint density at radius 3 is 2.09 bits per heavy atom. The molecule has 0 saturated heterocycles. The van der Waals surface area contributed by atoms with Crippen LogP contribution in [0.2, 0.25) is 0 Å². The maximum absolute atomic E-state index is 13.5. The first-order valence-electron chi connectivity index (χ1n) is 14.9. The van der Waals surface area contributed by atoms with Gasteiger partial charge in [-0.3, -0.25) is 9.79 Å². The predicted octanol–water partition coefficient (Wildman–Crippen LogP) is 8.36. The standard InChI is InChI=1S/C37H42BrN3O2/c1-27(34(38)26-39-3)22-31(33-14-8-9-15-35(33)42)23-28(2)40-24-29-16-18-30(19-17-29)25-41-36(43)37(20-10-5-11-21-37)32-12-6-4-7-13-32/h4,6-9,12-19,22-23,26,40,42H,5,10-11,20-21,24-25H2,1-3H3,(H,41,43)/b28-23+,31-22+,34-27-,39-26-. The van der Waals surface area contributed by atoms with Crippen molar-refractivity contribution in [3.63, 3.8) is 0 Å². The van der Waals surface area contributed by atoms with E-state index in [0.717, 1.165) is 69.3 Å². The molecule has 3 N–H and O–H groups in total. The molecule has 0 aromatic heterocycles. The number of phenols is 1. The minimum atomic E-state index is -0.426. The van der Waals surface area contributed by atoms with Gasteiger partial charge in [-0.1, -0.05) is 98.1 Å². The van der Waals surface area contributed by atoms with E-state index in [1.165, 1.54) is 6.42 Å². The number of carbonyl (C=O) groups excluding carboxylic acids is 1. The van der Waals surface area contributed by atoms with Crippen LogP contribution in [0.15, 0.2) is 112 Å². The monoisotopic (exact) mass is 639 g/mol. The number of allylic oxidation sites excluding steroid dienone is 6. The molecule has 0 unspecified atom stereocenters. The van der Waals surface area contributed by atoms with Crippen LogP contribution in [-0.4, -0.2) is 24.3 Å². The van der Waals surface area contributed by atoms with Crippen LogP contribution in [0.5, 0.6) is 5.75 Å². The molecule has 3 aromatic carbocycles. The van der Waals surface area contributed by atoms with Gasteiger partial charge in [0.15, 0.2) is 0 Å². The van der Waals surface area contributed by atoms with E-state index >= 15 is 0 Å². The summed E-state index contributed by atoms with van der Waals surface area (Å²) in [5.41, 5.74) is 6.53. The zero-order valence-electron chi connectivity index (χ0n) is 25.4. The quantitative estimate of drug-likeness (QED) is 0.146. The van der Waals surface area contributed by atoms with Crippen molar-refractivity contribution in [2.45, 2.75) is 64.5 Å². The van der Waals surface area contributed by atoms with Gasteiger partial charge >= 0.3 is 0 Å². The molecule has 4 rings (SSSR count). The number of nitrogens with one attached hydrogen (secondary N) is 2. The topological polar surface area (TPSA) is 73.7 Å². The highest BCUT2D eigenvalue weighted by Crippen LogP contribution is 2.39. The molecule has 0 aliphatic heterocycles. The first kappa shape index (κ1) is 32.0. The molecule has 0 radical (unpaired) electrons. The Kier molecular flexibility index (Phi) is 11.6. The highest BCUT2D eigenvalue weighted by Gasteiger charge is 2.40. The van der Waals surface area contributed by atoms with Gasteiger partial charge in [0.25, 0.3) is 0 Å². The lowest BCUT2D eigenvalue weighted by atomic mass is 9.68. The van der Waals surface area contributed by atoms with Gasteiger partial charge in [-0.2, -0.15) is 0 Å². The summed E-state index contributed by atoms with van der Waals surface area (Å²) in [7, 11) is 1.73. The van der Waals surface area contributed by atoms with Crippen molar-refractivity contribution < 1.29 is 9.90 Å². The highest BCUT2D eigenvalue weighted by atomic mass is 79.9. The van der Waals surface area contributed by atoms with Crippen molar-refractivity contribution in [1.82, 2.24) is 10.6 Å². The maximum atomic E-state index is 13.5. The molecule has 1 fully saturated rings. The molecule has 1 aliphatic carbocycles. The summed E-state index contributed by atoms with van der Waals surface area (Å²) < 4.78 is 0.882. The Bertz CT molecular complexity index is 1500. The van der Waals surface area contributed by atoms with Crippen LogP contribution >= 0.6 is 15.9 Å². The fourth-order valence-electron chi connectivity index (χ4n) is 5.64. The molecule has 0 bridgehead atoms. The number of para-hydroxylation sites is 1. The number of aliphatic imine (C=N–C) groups is 1. The summed E-state index contributed by atoms with van der Waals surface area (Å²) >= 11 is 3.57. The number of hydrogen-bond donors (Lipinski definition) is 3. The van der Waals surface area contributed by atoms with E-state index < -0.39 is 5.41 Å². The van der Waals surface area contributed by atoms with Crippen molar-refractivity contribution in [3.05, 3.63) is 129 Å². The molecular formula is C37H42BrN3O2. The number of halogens is 1. The van der Waals surface area contributed by atoms with E-state index in [-0.39, 0.29) is 11.7 Å². The van der Waals surface area contributed by atoms with Gasteiger partial charge in [-0.25, -0.2) is 0 Å². The maximum Gasteiger partial charge on any atom is 0.230 e. The molecule has 0 spiro atoms. The van der Waals surface area contributed by atoms with Gasteiger partial charge in [0.1, 0.15) is 5.75 Å². The van der Waals surface area contributed by atoms with E-state index in [0.29, 0.717) is 13.1 Å². The third-order valence-electron chi connectivity index (χ3n) is 8.09. The third kappa shape index (κ3) is 8.57. The van der Waals surface area contributed by atoms with Crippen LogP contribution in [0, 0.1) is 0 Å². The summed E-state index contributed by atoms with van der Waals surface area (Å²) in [6.07, 6.45) is 11.0. The third-order valence-corrected chi connectivity index (χ3v) is 8.92. The Morgan fingerprint density at radius 2 is 1.47 bits per heavy atom. The Balaban J connectivity index is 1.41. The first-order chi connectivity index (χ1) is 20.8. The molecule has 1 amide bonds. The SMILES string of the molecule is C\N=C/C(Br)=C(C)/C=C(\C=C(/C)NCc1ccc(CNC(=O)C2(c3ccccc3)CCCCC2)cc1)c1ccccc1O. The van der Waals surface area contributed by atoms with Crippen molar-refractivity contribution in [2.75, 3.05) is 7.05 Å². The molecule has 1 saturated carbocycles. The van der Waals surface area contributed by atoms with Crippen LogP contribution in [0.25, 0.3) is 5.57 Å². The van der Waals surface area contributed by atoms with Crippen LogP contribution in [0.3, 0.4) is 0 Å². The zero-order valence-corrected chi connectivity index (χ0v) is 27.0. The van der Waals surface area contributed by atoms with Gasteiger partial charge in [-0.15, -0.1) is 0 Å². The van der Waals surface area contributed by atoms with Crippen molar-refractivity contribution in [3.8, 4) is 5.75 Å². The van der Waals surface area contributed by atoms with Gasteiger partial charge in [0, 0.05) is 42.1 Å². The number of rotatable bonds is 11. The molecule has 5 nitrogen and oxygen atoms in total. The molecule has 224 valence electrons. The minimum Gasteiger partial charge on any atom is -0.507 e. The van der Waals surface area contributed by atoms with Crippen LogP contribution in [-0.2, 0) is 23.3 Å². The van der Waals surface area contributed by atoms with Crippen molar-refractivity contribution >= 4 is 33.6 Å². The van der Waals surface area contributed by atoms with Crippen LogP contribution in [0.1, 0.15) is 68.2 Å². The van der Waals surface area contributed by atoms with Crippen molar-refractivity contribution in [1.29, 1.82) is 0 Å². The second kappa shape index (κ2) is 15.5.